The van der Waals surface area contributed by atoms with Crippen molar-refractivity contribution in [3.05, 3.63) is 46.6 Å². The fraction of sp³-hybridized carbons (Fsp3) is 0.423. The lowest BCUT2D eigenvalue weighted by Crippen LogP contribution is -2.38. The number of likely N-dealkylation sites (N-methyl/N-ethyl adjacent to an activating group) is 1. The van der Waals surface area contributed by atoms with E-state index in [1.54, 1.807) is 13.2 Å². The first-order valence-corrected chi connectivity index (χ1v) is 11.3. The van der Waals surface area contributed by atoms with Gasteiger partial charge in [0.1, 0.15) is 41.4 Å². The van der Waals surface area contributed by atoms with E-state index in [0.717, 1.165) is 36.7 Å². The largest absolute Gasteiger partial charge is 0.507 e. The van der Waals surface area contributed by atoms with Gasteiger partial charge in [-0.05, 0) is 43.9 Å². The molecular formula is C26H32NO6+. The Morgan fingerprint density at radius 2 is 1.82 bits per heavy atom. The van der Waals surface area contributed by atoms with Gasteiger partial charge < -0.3 is 28.2 Å². The van der Waals surface area contributed by atoms with E-state index in [1.807, 2.05) is 18.2 Å². The highest BCUT2D eigenvalue weighted by molar-refractivity contribution is 5.86. The average Bonchev–Trinajstić information content (AvgIpc) is 3.25. The summed E-state index contributed by atoms with van der Waals surface area (Å²) in [5, 5.41) is 10.6. The van der Waals surface area contributed by atoms with E-state index in [4.69, 9.17) is 18.6 Å². The maximum atomic E-state index is 12.8. The quantitative estimate of drug-likeness (QED) is 0.502. The third-order valence-corrected chi connectivity index (χ3v) is 5.86. The molecule has 0 radical (unpaired) electrons. The number of methoxy groups -OCH3 is 1. The van der Waals surface area contributed by atoms with Gasteiger partial charge in [-0.1, -0.05) is 0 Å². The molecule has 1 heterocycles. The molecule has 3 aromatic rings. The van der Waals surface area contributed by atoms with Gasteiger partial charge in [-0.15, -0.1) is 0 Å². The standard InChI is InChI=1S/C26H31NO6/c1-27(2,3)11-12-31-19-14-20(28)26-21(29)16-23(33-25(26)15-19)17-9-10-22(30-4)24(13-17)32-18-7-5-6-8-18/h9-10,13-16,18H,5-8,11-12H2,1-4H3/p+1. The SMILES string of the molecule is COc1ccc(-c2cc(=O)c3c(O)cc(OCC[N+](C)(C)C)cc3o2)cc1OC1CCCC1. The summed E-state index contributed by atoms with van der Waals surface area (Å²) < 4.78 is 24.3. The number of fused-ring (bicyclic) bond motifs is 1. The minimum absolute atomic E-state index is 0.133. The minimum atomic E-state index is -0.323. The number of hydrogen-bond donors (Lipinski definition) is 1. The number of phenolic OH excluding ortho intramolecular Hbond substituents is 1. The van der Waals surface area contributed by atoms with E-state index in [1.165, 1.54) is 12.1 Å². The van der Waals surface area contributed by atoms with Crippen LogP contribution < -0.4 is 19.6 Å². The lowest BCUT2D eigenvalue weighted by Gasteiger charge is -2.23. The van der Waals surface area contributed by atoms with Gasteiger partial charge in [0.2, 0.25) is 0 Å². The van der Waals surface area contributed by atoms with Crippen LogP contribution in [-0.4, -0.2) is 57.1 Å². The molecule has 0 spiro atoms. The maximum absolute atomic E-state index is 12.8. The molecule has 2 aromatic carbocycles. The highest BCUT2D eigenvalue weighted by Crippen LogP contribution is 2.37. The number of nitrogens with zero attached hydrogens (tertiary/aromatic N) is 1. The number of hydrogen-bond acceptors (Lipinski definition) is 6. The van der Waals surface area contributed by atoms with Crippen molar-refractivity contribution in [2.45, 2.75) is 31.8 Å². The van der Waals surface area contributed by atoms with Crippen LogP contribution in [0.1, 0.15) is 25.7 Å². The summed E-state index contributed by atoms with van der Waals surface area (Å²) in [6.45, 7) is 1.26. The summed E-state index contributed by atoms with van der Waals surface area (Å²) in [4.78, 5) is 12.8. The van der Waals surface area contributed by atoms with Crippen molar-refractivity contribution in [1.82, 2.24) is 0 Å². The maximum Gasteiger partial charge on any atom is 0.197 e. The van der Waals surface area contributed by atoms with Gasteiger partial charge >= 0.3 is 0 Å². The zero-order valence-electron chi connectivity index (χ0n) is 19.7. The molecule has 33 heavy (non-hydrogen) atoms. The average molecular weight is 455 g/mol. The van der Waals surface area contributed by atoms with Gasteiger partial charge in [0, 0.05) is 23.8 Å². The fourth-order valence-corrected chi connectivity index (χ4v) is 4.01. The topological polar surface area (TPSA) is 78.1 Å². The van der Waals surface area contributed by atoms with Crippen LogP contribution in [0.15, 0.2) is 45.6 Å². The first-order chi connectivity index (χ1) is 15.7. The lowest BCUT2D eigenvalue weighted by atomic mass is 10.1. The van der Waals surface area contributed by atoms with E-state index in [-0.39, 0.29) is 28.3 Å². The van der Waals surface area contributed by atoms with Crippen molar-refractivity contribution in [2.24, 2.45) is 0 Å². The summed E-state index contributed by atoms with van der Waals surface area (Å²) >= 11 is 0. The Balaban J connectivity index is 1.68. The second-order valence-electron chi connectivity index (χ2n) is 9.54. The normalized spacial score (nSPS) is 14.5. The molecule has 0 unspecified atom stereocenters. The number of phenols is 1. The van der Waals surface area contributed by atoms with Crippen molar-refractivity contribution in [2.75, 3.05) is 41.4 Å². The van der Waals surface area contributed by atoms with Crippen molar-refractivity contribution in [1.29, 1.82) is 0 Å². The van der Waals surface area contributed by atoms with E-state index >= 15 is 0 Å². The number of rotatable bonds is 8. The number of aromatic hydroxyl groups is 1. The number of ether oxygens (including phenoxy) is 3. The summed E-state index contributed by atoms with van der Waals surface area (Å²) in [5.74, 6) is 1.94. The van der Waals surface area contributed by atoms with Crippen LogP contribution in [0.4, 0.5) is 0 Å². The van der Waals surface area contributed by atoms with Crippen molar-refractivity contribution >= 4 is 11.0 Å². The summed E-state index contributed by atoms with van der Waals surface area (Å²) in [6.07, 6.45) is 4.54. The third kappa shape index (κ3) is 5.42. The highest BCUT2D eigenvalue weighted by atomic mass is 16.5. The molecule has 1 aliphatic carbocycles. The van der Waals surface area contributed by atoms with Crippen LogP contribution in [-0.2, 0) is 0 Å². The van der Waals surface area contributed by atoms with E-state index in [0.29, 0.717) is 35.2 Å². The second-order valence-corrected chi connectivity index (χ2v) is 9.54. The Bertz CT molecular complexity index is 1190. The van der Waals surface area contributed by atoms with Crippen LogP contribution in [0.25, 0.3) is 22.3 Å². The van der Waals surface area contributed by atoms with Gasteiger partial charge in [-0.3, -0.25) is 4.79 Å². The second kappa shape index (κ2) is 9.35. The van der Waals surface area contributed by atoms with Crippen LogP contribution in [0, 0.1) is 0 Å². The van der Waals surface area contributed by atoms with E-state index in [2.05, 4.69) is 21.1 Å². The first kappa shape index (κ1) is 23.0. The number of benzene rings is 2. The Labute approximate surface area is 193 Å². The Kier molecular flexibility index (Phi) is 6.51. The Morgan fingerprint density at radius 1 is 1.06 bits per heavy atom. The van der Waals surface area contributed by atoms with E-state index in [9.17, 15) is 9.90 Å². The van der Waals surface area contributed by atoms with Crippen molar-refractivity contribution < 1.29 is 28.2 Å². The summed E-state index contributed by atoms with van der Waals surface area (Å²) in [5.41, 5.74) is 0.640. The molecule has 0 bridgehead atoms. The highest BCUT2D eigenvalue weighted by Gasteiger charge is 2.20. The molecular weight excluding hydrogens is 422 g/mol. The lowest BCUT2D eigenvalue weighted by molar-refractivity contribution is -0.870. The van der Waals surface area contributed by atoms with Gasteiger partial charge in [0.25, 0.3) is 0 Å². The van der Waals surface area contributed by atoms with Crippen molar-refractivity contribution in [3.63, 3.8) is 0 Å². The van der Waals surface area contributed by atoms with Gasteiger partial charge in [-0.25, -0.2) is 0 Å². The predicted molar refractivity (Wildman–Crippen MR) is 127 cm³/mol. The first-order valence-electron chi connectivity index (χ1n) is 11.3. The summed E-state index contributed by atoms with van der Waals surface area (Å²) in [7, 11) is 7.83. The molecule has 0 amide bonds. The Hall–Kier alpha value is -3.19. The molecule has 0 atom stereocenters. The van der Waals surface area contributed by atoms with Crippen LogP contribution in [0.5, 0.6) is 23.0 Å². The molecule has 0 aliphatic heterocycles. The summed E-state index contributed by atoms with van der Waals surface area (Å²) in [6, 6.07) is 9.96. The molecule has 4 rings (SSSR count). The van der Waals surface area contributed by atoms with Gasteiger partial charge in [-0.2, -0.15) is 0 Å². The van der Waals surface area contributed by atoms with E-state index < -0.39 is 0 Å². The van der Waals surface area contributed by atoms with Gasteiger partial charge in [0.15, 0.2) is 16.9 Å². The molecule has 176 valence electrons. The molecule has 7 nitrogen and oxygen atoms in total. The van der Waals surface area contributed by atoms with Crippen LogP contribution >= 0.6 is 0 Å². The monoisotopic (exact) mass is 454 g/mol. The molecule has 1 fully saturated rings. The molecule has 0 saturated heterocycles. The molecule has 1 N–H and O–H groups in total. The molecule has 1 aromatic heterocycles. The fourth-order valence-electron chi connectivity index (χ4n) is 4.01. The molecule has 1 saturated carbocycles. The zero-order valence-corrected chi connectivity index (χ0v) is 19.7. The molecule has 1 aliphatic rings. The van der Waals surface area contributed by atoms with Crippen molar-refractivity contribution in [3.8, 4) is 34.3 Å². The number of quaternary nitrogens is 1. The van der Waals surface area contributed by atoms with Crippen LogP contribution in [0.2, 0.25) is 0 Å². The smallest absolute Gasteiger partial charge is 0.197 e. The van der Waals surface area contributed by atoms with Gasteiger partial charge in [0.05, 0.1) is 34.4 Å². The molecule has 7 heteroatoms. The zero-order chi connectivity index (χ0) is 23.6. The van der Waals surface area contributed by atoms with Crippen LogP contribution in [0.3, 0.4) is 0 Å². The third-order valence-electron chi connectivity index (χ3n) is 5.86. The Morgan fingerprint density at radius 3 is 2.52 bits per heavy atom. The predicted octanol–water partition coefficient (Wildman–Crippen LogP) is 4.58. The minimum Gasteiger partial charge on any atom is -0.507 e.